The number of nitrogens with zero attached hydrogens (tertiary/aromatic N) is 1. The minimum atomic E-state index is -0.386. The Morgan fingerprint density at radius 3 is 1.96 bits per heavy atom. The van der Waals surface area contributed by atoms with E-state index in [2.05, 4.69) is 26.8 Å². The van der Waals surface area contributed by atoms with Crippen molar-refractivity contribution in [2.45, 2.75) is 20.8 Å². The van der Waals surface area contributed by atoms with Crippen molar-refractivity contribution < 1.29 is 4.92 Å². The van der Waals surface area contributed by atoms with Gasteiger partial charge in [-0.3, -0.25) is 10.1 Å². The fourth-order valence-corrected chi connectivity index (χ4v) is 7.50. The van der Waals surface area contributed by atoms with E-state index in [4.69, 9.17) is 0 Å². The third kappa shape index (κ3) is 4.71. The quantitative estimate of drug-likeness (QED) is 0.282. The maximum Gasteiger partial charge on any atom is 0.269 e. The summed E-state index contributed by atoms with van der Waals surface area (Å²) in [5.41, 5.74) is 1.05. The molecule has 0 atom stereocenters. The van der Waals surface area contributed by atoms with Crippen LogP contribution in [0.5, 0.6) is 0 Å². The van der Waals surface area contributed by atoms with Gasteiger partial charge in [-0.05, 0) is 54.4 Å². The molecule has 0 spiro atoms. The largest absolute Gasteiger partial charge is 0.269 e. The molecule has 0 saturated heterocycles. The maximum absolute atomic E-state index is 10.7. The summed E-state index contributed by atoms with van der Waals surface area (Å²) in [5, 5.41) is 10.7. The lowest BCUT2D eigenvalue weighted by atomic mass is 10.2. The molecule has 0 N–H and O–H groups in total. The van der Waals surface area contributed by atoms with E-state index in [-0.39, 0.29) is 10.6 Å². The number of thioether (sulfide) groups is 4. The second-order valence-electron chi connectivity index (χ2n) is 5.58. The molecule has 0 fully saturated rings. The van der Waals surface area contributed by atoms with E-state index in [9.17, 15) is 10.1 Å². The maximum atomic E-state index is 10.7. The average Bonchev–Trinajstić information content (AvgIpc) is 3.15. The summed E-state index contributed by atoms with van der Waals surface area (Å²) < 4.78 is 2.76. The van der Waals surface area contributed by atoms with E-state index in [1.807, 2.05) is 65.3 Å². The number of hydrogen-bond donors (Lipinski definition) is 0. The van der Waals surface area contributed by atoms with Crippen molar-refractivity contribution >= 4 is 58.8 Å². The average molecular weight is 420 g/mol. The van der Waals surface area contributed by atoms with E-state index in [0.29, 0.717) is 0 Å². The zero-order chi connectivity index (χ0) is 18.7. The second kappa shape index (κ2) is 8.61. The first-order valence-electron chi connectivity index (χ1n) is 7.87. The van der Waals surface area contributed by atoms with Crippen molar-refractivity contribution in [3.8, 4) is 0 Å². The molecule has 2 aliphatic rings. The summed E-state index contributed by atoms with van der Waals surface area (Å²) in [6.45, 7) is 6.51. The lowest BCUT2D eigenvalue weighted by Gasteiger charge is -2.00. The number of benzene rings is 1. The molecule has 0 aliphatic carbocycles. The van der Waals surface area contributed by atoms with Gasteiger partial charge in [0.15, 0.2) is 0 Å². The molecule has 2 heterocycles. The van der Waals surface area contributed by atoms with Crippen molar-refractivity contribution in [1.29, 1.82) is 0 Å². The SMILES string of the molecule is CC1=C(C)SC(=C2SC(C)=C(/C=C/C=C/c3ccc([N+](=O)[O-])cc3)S2)S1. The Morgan fingerprint density at radius 1 is 0.808 bits per heavy atom. The van der Waals surface area contributed by atoms with Gasteiger partial charge in [0.25, 0.3) is 5.69 Å². The molecule has 0 amide bonds. The van der Waals surface area contributed by atoms with E-state index >= 15 is 0 Å². The summed E-state index contributed by atoms with van der Waals surface area (Å²) in [4.78, 5) is 15.7. The molecular formula is C19H17NO2S4. The Balaban J connectivity index is 1.61. The van der Waals surface area contributed by atoms with Crippen LogP contribution < -0.4 is 0 Å². The first kappa shape index (κ1) is 19.5. The lowest BCUT2D eigenvalue weighted by Crippen LogP contribution is -1.86. The molecule has 0 saturated carbocycles. The normalized spacial score (nSPS) is 18.3. The van der Waals surface area contributed by atoms with E-state index in [1.165, 1.54) is 40.2 Å². The van der Waals surface area contributed by atoms with Crippen LogP contribution in [-0.4, -0.2) is 4.92 Å². The highest BCUT2D eigenvalue weighted by atomic mass is 32.2. The highest BCUT2D eigenvalue weighted by Gasteiger charge is 2.24. The monoisotopic (exact) mass is 419 g/mol. The van der Waals surface area contributed by atoms with Gasteiger partial charge in [0.05, 0.1) is 13.4 Å². The molecule has 2 aliphatic heterocycles. The third-order valence-electron chi connectivity index (χ3n) is 3.70. The second-order valence-corrected chi connectivity index (χ2v) is 10.8. The summed E-state index contributed by atoms with van der Waals surface area (Å²) in [5.74, 6) is 0. The van der Waals surface area contributed by atoms with E-state index in [0.717, 1.165) is 5.56 Å². The van der Waals surface area contributed by atoms with Gasteiger partial charge < -0.3 is 0 Å². The summed E-state index contributed by atoms with van der Waals surface area (Å²) >= 11 is 7.42. The van der Waals surface area contributed by atoms with Crippen LogP contribution in [0.15, 0.2) is 70.6 Å². The molecule has 0 bridgehead atoms. The van der Waals surface area contributed by atoms with Crippen molar-refractivity contribution in [1.82, 2.24) is 0 Å². The topological polar surface area (TPSA) is 43.1 Å². The third-order valence-corrected chi connectivity index (χ3v) is 9.45. The van der Waals surface area contributed by atoms with Gasteiger partial charge in [0.2, 0.25) is 0 Å². The highest BCUT2D eigenvalue weighted by Crippen LogP contribution is 2.59. The van der Waals surface area contributed by atoms with Crippen LogP contribution in [0.25, 0.3) is 6.08 Å². The van der Waals surface area contributed by atoms with Gasteiger partial charge in [0.1, 0.15) is 0 Å². The lowest BCUT2D eigenvalue weighted by molar-refractivity contribution is -0.384. The fourth-order valence-electron chi connectivity index (χ4n) is 2.16. The zero-order valence-electron chi connectivity index (χ0n) is 14.5. The Morgan fingerprint density at radius 2 is 1.35 bits per heavy atom. The van der Waals surface area contributed by atoms with Crippen molar-refractivity contribution in [3.63, 3.8) is 0 Å². The van der Waals surface area contributed by atoms with Gasteiger partial charge in [-0.1, -0.05) is 65.3 Å². The van der Waals surface area contributed by atoms with Gasteiger partial charge in [0, 0.05) is 21.9 Å². The van der Waals surface area contributed by atoms with Gasteiger partial charge in [-0.15, -0.1) is 0 Å². The van der Waals surface area contributed by atoms with E-state index < -0.39 is 0 Å². The van der Waals surface area contributed by atoms with Crippen LogP contribution in [0.2, 0.25) is 0 Å². The van der Waals surface area contributed by atoms with Crippen molar-refractivity contribution in [2.75, 3.05) is 0 Å². The molecule has 7 heteroatoms. The van der Waals surface area contributed by atoms with Gasteiger partial charge in [-0.2, -0.15) is 0 Å². The number of nitro benzene ring substituents is 1. The van der Waals surface area contributed by atoms with Crippen LogP contribution in [0, 0.1) is 10.1 Å². The molecule has 1 aromatic rings. The van der Waals surface area contributed by atoms with Gasteiger partial charge >= 0.3 is 0 Å². The molecule has 3 nitrogen and oxygen atoms in total. The number of nitro groups is 1. The molecule has 0 unspecified atom stereocenters. The zero-order valence-corrected chi connectivity index (χ0v) is 17.8. The number of rotatable bonds is 4. The van der Waals surface area contributed by atoms with Crippen LogP contribution in [0.1, 0.15) is 26.3 Å². The van der Waals surface area contributed by atoms with Crippen LogP contribution in [0.4, 0.5) is 5.69 Å². The van der Waals surface area contributed by atoms with Crippen molar-refractivity contribution in [2.24, 2.45) is 0 Å². The molecule has 1 aromatic carbocycles. The fraction of sp³-hybridized carbons (Fsp3) is 0.158. The summed E-state index contributed by atoms with van der Waals surface area (Å²) in [6.07, 6.45) is 8.05. The molecule has 134 valence electrons. The Bertz CT molecular complexity index is 877. The van der Waals surface area contributed by atoms with Crippen LogP contribution >= 0.6 is 47.0 Å². The predicted molar refractivity (Wildman–Crippen MR) is 120 cm³/mol. The first-order valence-corrected chi connectivity index (χ1v) is 11.1. The van der Waals surface area contributed by atoms with Crippen molar-refractivity contribution in [3.05, 3.63) is 86.3 Å². The minimum Gasteiger partial charge on any atom is -0.258 e. The minimum absolute atomic E-state index is 0.112. The standard InChI is InChI=1S/C19H17NO2S4/c1-12-13(2)24-18(23-12)19-25-14(3)17(26-19)7-5-4-6-15-8-10-16(11-9-15)20(21)22/h4-11H,1-3H3/b6-4+,7-5+. The molecule has 3 rings (SSSR count). The number of non-ortho nitro benzene ring substituents is 1. The molecule has 0 radical (unpaired) electrons. The van der Waals surface area contributed by atoms with E-state index in [1.54, 1.807) is 12.1 Å². The Labute approximate surface area is 170 Å². The van der Waals surface area contributed by atoms with Crippen LogP contribution in [0.3, 0.4) is 0 Å². The molecule has 26 heavy (non-hydrogen) atoms. The smallest absolute Gasteiger partial charge is 0.258 e. The van der Waals surface area contributed by atoms with Crippen LogP contribution in [-0.2, 0) is 0 Å². The predicted octanol–water partition coefficient (Wildman–Crippen LogP) is 7.73. The first-order chi connectivity index (χ1) is 12.4. The molecule has 0 aromatic heterocycles. The number of allylic oxidation sites excluding steroid dienone is 6. The Hall–Kier alpha value is -1.28. The summed E-state index contributed by atoms with van der Waals surface area (Å²) in [7, 11) is 0. The Kier molecular flexibility index (Phi) is 6.45. The molecular weight excluding hydrogens is 402 g/mol. The highest BCUT2D eigenvalue weighted by molar-refractivity contribution is 8.34. The summed E-state index contributed by atoms with van der Waals surface area (Å²) in [6, 6.07) is 6.55. The van der Waals surface area contributed by atoms with Gasteiger partial charge in [-0.25, -0.2) is 0 Å². The number of hydrogen-bond acceptors (Lipinski definition) is 6.